The molecule has 174 valence electrons. The van der Waals surface area contributed by atoms with Gasteiger partial charge >= 0.3 is 0 Å². The van der Waals surface area contributed by atoms with Gasteiger partial charge in [-0.15, -0.1) is 0 Å². The van der Waals surface area contributed by atoms with Crippen molar-refractivity contribution < 1.29 is 24.2 Å². The van der Waals surface area contributed by atoms with Crippen LogP contribution in [0.15, 0.2) is 60.2 Å². The average Bonchev–Trinajstić information content (AvgIpc) is 3.07. The van der Waals surface area contributed by atoms with Crippen molar-refractivity contribution in [3.05, 3.63) is 71.3 Å². The van der Waals surface area contributed by atoms with Crippen LogP contribution in [0, 0.1) is 17.8 Å². The van der Waals surface area contributed by atoms with Crippen molar-refractivity contribution in [2.75, 3.05) is 20.8 Å². The Morgan fingerprint density at radius 3 is 2.45 bits per heavy atom. The molecule has 0 saturated carbocycles. The van der Waals surface area contributed by atoms with Crippen LogP contribution in [-0.2, 0) is 16.0 Å². The minimum Gasteiger partial charge on any atom is -0.493 e. The third kappa shape index (κ3) is 4.67. The average molecular weight is 450 g/mol. The summed E-state index contributed by atoms with van der Waals surface area (Å²) in [5.41, 5.74) is 2.89. The van der Waals surface area contributed by atoms with Crippen molar-refractivity contribution in [3.63, 3.8) is 0 Å². The van der Waals surface area contributed by atoms with Crippen molar-refractivity contribution in [1.29, 1.82) is 0 Å². The second-order valence-corrected chi connectivity index (χ2v) is 8.94. The normalized spacial score (nSPS) is 23.2. The largest absolute Gasteiger partial charge is 0.493 e. The first-order valence-electron chi connectivity index (χ1n) is 11.4. The third-order valence-electron chi connectivity index (χ3n) is 6.82. The first-order valence-corrected chi connectivity index (χ1v) is 11.4. The molecule has 1 fully saturated rings. The van der Waals surface area contributed by atoms with E-state index in [0.29, 0.717) is 37.3 Å². The fraction of sp³-hybridized carbons (Fsp3) is 0.407. The van der Waals surface area contributed by atoms with E-state index in [0.717, 1.165) is 16.7 Å². The second-order valence-electron chi connectivity index (χ2n) is 8.94. The Hall–Kier alpha value is -3.12. The first kappa shape index (κ1) is 23.1. The number of nitrogens with zero attached hydrogens (tertiary/aromatic N) is 1. The Morgan fingerprint density at radius 2 is 1.76 bits per heavy atom. The summed E-state index contributed by atoms with van der Waals surface area (Å²) in [6, 6.07) is 15.1. The van der Waals surface area contributed by atoms with Gasteiger partial charge in [0.05, 0.1) is 32.2 Å². The molecule has 0 aromatic heterocycles. The number of rotatable bonds is 8. The number of benzene rings is 2. The van der Waals surface area contributed by atoms with E-state index in [1.807, 2.05) is 55.5 Å². The Labute approximate surface area is 194 Å². The molecular weight excluding hydrogens is 418 g/mol. The van der Waals surface area contributed by atoms with Crippen LogP contribution < -0.4 is 9.47 Å². The van der Waals surface area contributed by atoms with Crippen LogP contribution in [0.1, 0.15) is 37.0 Å². The standard InChI is InChI=1S/C27H31NO5/c1-17-13-20(16-22(29)19-7-5-4-6-8-19)25-21(14-17)26(30)28(27(25)31)12-11-18-9-10-23(32-2)24(15-18)33-3/h4-10,13,15,20-22,25,29H,11-12,14,16H2,1-3H3/t20-,21-,22+,25+/m1/s1. The minimum absolute atomic E-state index is 0.0999. The molecule has 6 nitrogen and oxygen atoms in total. The molecule has 4 rings (SSSR count). The lowest BCUT2D eigenvalue weighted by Crippen LogP contribution is -2.34. The molecule has 0 unspecified atom stereocenters. The molecule has 6 heteroatoms. The lowest BCUT2D eigenvalue weighted by atomic mass is 9.72. The maximum Gasteiger partial charge on any atom is 0.233 e. The number of ether oxygens (including phenoxy) is 2. The summed E-state index contributed by atoms with van der Waals surface area (Å²) >= 11 is 0. The molecule has 1 aliphatic carbocycles. The first-order chi connectivity index (χ1) is 15.9. The van der Waals surface area contributed by atoms with Crippen LogP contribution >= 0.6 is 0 Å². The predicted octanol–water partition coefficient (Wildman–Crippen LogP) is 3.94. The number of fused-ring (bicyclic) bond motifs is 1. The number of hydrogen-bond acceptors (Lipinski definition) is 5. The van der Waals surface area contributed by atoms with Crippen molar-refractivity contribution in [3.8, 4) is 11.5 Å². The molecule has 33 heavy (non-hydrogen) atoms. The SMILES string of the molecule is COc1ccc(CCN2C(=O)[C@H]3[C@@H](C[C@H](O)c4ccccc4)C=C(C)C[C@H]3C2=O)cc1OC. The predicted molar refractivity (Wildman–Crippen MR) is 125 cm³/mol. The van der Waals surface area contributed by atoms with E-state index in [1.54, 1.807) is 14.2 Å². The van der Waals surface area contributed by atoms with Gasteiger partial charge in [-0.25, -0.2) is 0 Å². The van der Waals surface area contributed by atoms with E-state index in [1.165, 1.54) is 4.90 Å². The number of methoxy groups -OCH3 is 2. The number of imide groups is 1. The van der Waals surface area contributed by atoms with Crippen molar-refractivity contribution in [2.24, 2.45) is 17.8 Å². The van der Waals surface area contributed by atoms with Crippen LogP contribution in [0.25, 0.3) is 0 Å². The Balaban J connectivity index is 1.49. The molecule has 2 aliphatic rings. The second kappa shape index (κ2) is 9.79. The summed E-state index contributed by atoms with van der Waals surface area (Å²) < 4.78 is 10.6. The van der Waals surface area contributed by atoms with E-state index in [4.69, 9.17) is 9.47 Å². The molecular formula is C27H31NO5. The van der Waals surface area contributed by atoms with Crippen LogP contribution in [0.5, 0.6) is 11.5 Å². The summed E-state index contributed by atoms with van der Waals surface area (Å²) in [5.74, 6) is 0.114. The van der Waals surface area contributed by atoms with Gasteiger partial charge in [0.2, 0.25) is 11.8 Å². The molecule has 2 amide bonds. The van der Waals surface area contributed by atoms with Gasteiger partial charge in [-0.3, -0.25) is 14.5 Å². The zero-order chi connectivity index (χ0) is 23.5. The number of allylic oxidation sites excluding steroid dienone is 2. The molecule has 1 saturated heterocycles. The van der Waals surface area contributed by atoms with E-state index < -0.39 is 12.0 Å². The molecule has 0 spiro atoms. The van der Waals surface area contributed by atoms with E-state index in [-0.39, 0.29) is 23.7 Å². The van der Waals surface area contributed by atoms with E-state index >= 15 is 0 Å². The smallest absolute Gasteiger partial charge is 0.233 e. The quantitative estimate of drug-likeness (QED) is 0.488. The Bertz CT molecular complexity index is 1050. The van der Waals surface area contributed by atoms with Gasteiger partial charge in [-0.2, -0.15) is 0 Å². The highest BCUT2D eigenvalue weighted by Crippen LogP contribution is 2.44. The van der Waals surface area contributed by atoms with Gasteiger partial charge in [0.15, 0.2) is 11.5 Å². The van der Waals surface area contributed by atoms with Gasteiger partial charge in [-0.05, 0) is 55.4 Å². The molecule has 4 atom stereocenters. The van der Waals surface area contributed by atoms with Crippen LogP contribution in [0.4, 0.5) is 0 Å². The Morgan fingerprint density at radius 1 is 1.03 bits per heavy atom. The number of likely N-dealkylation sites (tertiary alicyclic amines) is 1. The monoisotopic (exact) mass is 449 g/mol. The highest BCUT2D eigenvalue weighted by atomic mass is 16.5. The molecule has 1 N–H and O–H groups in total. The van der Waals surface area contributed by atoms with Crippen molar-refractivity contribution >= 4 is 11.8 Å². The molecule has 1 aliphatic heterocycles. The topological polar surface area (TPSA) is 76.1 Å². The Kier molecular flexibility index (Phi) is 6.84. The highest BCUT2D eigenvalue weighted by molar-refractivity contribution is 6.05. The van der Waals surface area contributed by atoms with Crippen LogP contribution in [0.2, 0.25) is 0 Å². The van der Waals surface area contributed by atoms with Gasteiger partial charge in [0.1, 0.15) is 0 Å². The summed E-state index contributed by atoms with van der Waals surface area (Å²) in [7, 11) is 3.17. The molecule has 2 aromatic carbocycles. The van der Waals surface area contributed by atoms with Gasteiger partial charge in [0.25, 0.3) is 0 Å². The minimum atomic E-state index is -0.678. The van der Waals surface area contributed by atoms with E-state index in [2.05, 4.69) is 6.08 Å². The van der Waals surface area contributed by atoms with Gasteiger partial charge in [-0.1, -0.05) is 48.0 Å². The number of carbonyl (C=O) groups is 2. The van der Waals surface area contributed by atoms with Gasteiger partial charge < -0.3 is 14.6 Å². The number of hydrogen-bond donors (Lipinski definition) is 1. The highest BCUT2D eigenvalue weighted by Gasteiger charge is 2.51. The zero-order valence-electron chi connectivity index (χ0n) is 19.4. The molecule has 1 heterocycles. The van der Waals surface area contributed by atoms with Crippen LogP contribution in [-0.4, -0.2) is 42.6 Å². The fourth-order valence-electron chi connectivity index (χ4n) is 5.18. The van der Waals surface area contributed by atoms with Crippen LogP contribution in [0.3, 0.4) is 0 Å². The maximum absolute atomic E-state index is 13.4. The van der Waals surface area contributed by atoms with Crippen molar-refractivity contribution in [1.82, 2.24) is 4.90 Å². The van der Waals surface area contributed by atoms with E-state index in [9.17, 15) is 14.7 Å². The lowest BCUT2D eigenvalue weighted by molar-refractivity contribution is -0.140. The third-order valence-corrected chi connectivity index (χ3v) is 6.82. The molecule has 0 bridgehead atoms. The van der Waals surface area contributed by atoms with Gasteiger partial charge in [0, 0.05) is 6.54 Å². The number of aliphatic hydroxyl groups is 1. The molecule has 0 radical (unpaired) electrons. The maximum atomic E-state index is 13.4. The number of amides is 2. The number of carbonyl (C=O) groups excluding carboxylic acids is 2. The summed E-state index contributed by atoms with van der Waals surface area (Å²) in [4.78, 5) is 28.0. The lowest BCUT2D eigenvalue weighted by Gasteiger charge is -2.30. The zero-order valence-corrected chi connectivity index (χ0v) is 19.4. The summed E-state index contributed by atoms with van der Waals surface area (Å²) in [6.45, 7) is 2.33. The molecule has 2 aromatic rings. The summed E-state index contributed by atoms with van der Waals surface area (Å²) in [5, 5.41) is 10.8. The summed E-state index contributed by atoms with van der Waals surface area (Å²) in [6.07, 6.45) is 2.96. The van der Waals surface area contributed by atoms with Crippen molar-refractivity contribution in [2.45, 2.75) is 32.3 Å². The number of aliphatic hydroxyl groups excluding tert-OH is 1. The fourth-order valence-corrected chi connectivity index (χ4v) is 5.18.